The number of benzene rings is 2. The zero-order valence-electron chi connectivity index (χ0n) is 17.5. The van der Waals surface area contributed by atoms with Gasteiger partial charge in [-0.05, 0) is 49.4 Å². The summed E-state index contributed by atoms with van der Waals surface area (Å²) in [7, 11) is 1.59. The molecule has 32 heavy (non-hydrogen) atoms. The molecule has 4 rings (SSSR count). The van der Waals surface area contributed by atoms with Crippen LogP contribution in [0.25, 0.3) is 22.7 Å². The van der Waals surface area contributed by atoms with E-state index >= 15 is 0 Å². The molecule has 2 amide bonds. The molecule has 162 valence electrons. The zero-order chi connectivity index (χ0) is 22.5. The number of carbonyl (C=O) groups excluding carboxylic acids is 2. The number of rotatable bonds is 6. The molecule has 0 aliphatic heterocycles. The van der Waals surface area contributed by atoms with Gasteiger partial charge in [0.15, 0.2) is 0 Å². The minimum Gasteiger partial charge on any atom is -0.497 e. The van der Waals surface area contributed by atoms with Crippen molar-refractivity contribution < 1.29 is 18.7 Å². The third kappa shape index (κ3) is 4.67. The number of amides is 2. The van der Waals surface area contributed by atoms with Crippen LogP contribution < -0.4 is 15.6 Å². The van der Waals surface area contributed by atoms with Crippen LogP contribution in [0.3, 0.4) is 0 Å². The van der Waals surface area contributed by atoms with E-state index < -0.39 is 11.8 Å². The highest BCUT2D eigenvalue weighted by atomic mass is 16.5. The molecular formula is C23H21N5O4. The number of hydrogen-bond acceptors (Lipinski definition) is 6. The second-order valence-corrected chi connectivity index (χ2v) is 6.96. The minimum absolute atomic E-state index is 0.0392. The summed E-state index contributed by atoms with van der Waals surface area (Å²) >= 11 is 0. The number of oxazole rings is 1. The normalized spacial score (nSPS) is 10.6. The molecule has 0 radical (unpaired) electrons. The highest BCUT2D eigenvalue weighted by Crippen LogP contribution is 2.22. The number of H-pyrrole nitrogens is 1. The summed E-state index contributed by atoms with van der Waals surface area (Å²) in [6.45, 7) is 1.74. The number of nitrogens with one attached hydrogen (secondary N) is 3. The molecule has 3 N–H and O–H groups in total. The predicted octanol–water partition coefficient (Wildman–Crippen LogP) is 3.05. The number of aryl methyl sites for hydroxylation is 1. The van der Waals surface area contributed by atoms with E-state index in [0.717, 1.165) is 16.9 Å². The summed E-state index contributed by atoms with van der Waals surface area (Å²) in [5.41, 5.74) is 7.70. The average Bonchev–Trinajstić information content (AvgIpc) is 3.46. The molecule has 9 heteroatoms. The highest BCUT2D eigenvalue weighted by Gasteiger charge is 2.16. The molecule has 0 spiro atoms. The number of nitrogens with zero attached hydrogens (tertiary/aromatic N) is 2. The topological polar surface area (TPSA) is 122 Å². The summed E-state index contributed by atoms with van der Waals surface area (Å²) in [5.74, 6) is 0.765. The van der Waals surface area contributed by atoms with Gasteiger partial charge >= 0.3 is 0 Å². The van der Waals surface area contributed by atoms with Crippen LogP contribution in [-0.2, 0) is 11.2 Å². The first-order valence-electron chi connectivity index (χ1n) is 9.84. The number of aromatic amines is 1. The molecule has 4 aromatic rings. The Bertz CT molecular complexity index is 1230. The monoisotopic (exact) mass is 431 g/mol. The van der Waals surface area contributed by atoms with Crippen molar-refractivity contribution in [2.45, 2.75) is 13.3 Å². The molecule has 9 nitrogen and oxygen atoms in total. The Kier molecular flexibility index (Phi) is 5.98. The smallest absolute Gasteiger partial charge is 0.287 e. The van der Waals surface area contributed by atoms with Crippen molar-refractivity contribution >= 4 is 11.8 Å². The van der Waals surface area contributed by atoms with Crippen LogP contribution in [0.2, 0.25) is 0 Å². The van der Waals surface area contributed by atoms with E-state index in [9.17, 15) is 9.59 Å². The number of hydrogen-bond donors (Lipinski definition) is 3. The first-order chi connectivity index (χ1) is 15.5. The Morgan fingerprint density at radius 3 is 2.50 bits per heavy atom. The molecule has 2 heterocycles. The van der Waals surface area contributed by atoms with Gasteiger partial charge in [-0.15, -0.1) is 0 Å². The number of aromatic nitrogens is 3. The van der Waals surface area contributed by atoms with E-state index in [1.165, 1.54) is 0 Å². The molecule has 0 aliphatic carbocycles. The van der Waals surface area contributed by atoms with Crippen molar-refractivity contribution in [3.05, 3.63) is 77.8 Å². The maximum absolute atomic E-state index is 12.4. The fourth-order valence-corrected chi connectivity index (χ4v) is 3.03. The summed E-state index contributed by atoms with van der Waals surface area (Å²) in [6.07, 6.45) is -0.0392. The molecule has 0 atom stereocenters. The SMILES string of the molecule is COc1ccc(-c2cc(C(=O)NNC(=O)Cc3nc(-c4ccccc4)oc3C)[nH]n2)cc1. The van der Waals surface area contributed by atoms with Gasteiger partial charge in [0.05, 0.1) is 24.9 Å². The van der Waals surface area contributed by atoms with Crippen molar-refractivity contribution in [1.82, 2.24) is 26.0 Å². The second kappa shape index (κ2) is 9.17. The molecule has 0 unspecified atom stereocenters. The molecule has 0 bridgehead atoms. The van der Waals surface area contributed by atoms with Crippen molar-refractivity contribution in [2.24, 2.45) is 0 Å². The van der Waals surface area contributed by atoms with Gasteiger partial charge in [0, 0.05) is 11.1 Å². The Morgan fingerprint density at radius 1 is 1.03 bits per heavy atom. The van der Waals surface area contributed by atoms with E-state index in [1.807, 2.05) is 42.5 Å². The van der Waals surface area contributed by atoms with Crippen LogP contribution in [0.15, 0.2) is 65.1 Å². The van der Waals surface area contributed by atoms with E-state index in [-0.39, 0.29) is 12.1 Å². The number of hydrazine groups is 1. The molecule has 0 aliphatic rings. The molecule has 2 aromatic carbocycles. The first-order valence-corrected chi connectivity index (χ1v) is 9.84. The highest BCUT2D eigenvalue weighted by molar-refractivity contribution is 5.94. The average molecular weight is 431 g/mol. The van der Waals surface area contributed by atoms with Gasteiger partial charge in [0.2, 0.25) is 11.8 Å². The van der Waals surface area contributed by atoms with E-state index in [0.29, 0.717) is 23.0 Å². The van der Waals surface area contributed by atoms with E-state index in [4.69, 9.17) is 9.15 Å². The third-order valence-electron chi connectivity index (χ3n) is 4.77. The van der Waals surface area contributed by atoms with Crippen LogP contribution in [0.1, 0.15) is 21.9 Å². The number of methoxy groups -OCH3 is 1. The number of ether oxygens (including phenoxy) is 1. The summed E-state index contributed by atoms with van der Waals surface area (Å²) in [6, 6.07) is 18.3. The van der Waals surface area contributed by atoms with Crippen LogP contribution in [0.4, 0.5) is 0 Å². The van der Waals surface area contributed by atoms with Crippen LogP contribution in [0.5, 0.6) is 5.75 Å². The maximum atomic E-state index is 12.4. The lowest BCUT2D eigenvalue weighted by atomic mass is 10.1. The Morgan fingerprint density at radius 2 is 1.78 bits per heavy atom. The van der Waals surface area contributed by atoms with E-state index in [1.54, 1.807) is 32.2 Å². The molecule has 0 saturated carbocycles. The fourth-order valence-electron chi connectivity index (χ4n) is 3.03. The first kappa shape index (κ1) is 20.9. The molecular weight excluding hydrogens is 410 g/mol. The van der Waals surface area contributed by atoms with Crippen molar-refractivity contribution in [3.8, 4) is 28.5 Å². The van der Waals surface area contributed by atoms with Crippen LogP contribution in [-0.4, -0.2) is 34.1 Å². The second-order valence-electron chi connectivity index (χ2n) is 6.96. The van der Waals surface area contributed by atoms with Gasteiger partial charge in [-0.2, -0.15) is 5.10 Å². The predicted molar refractivity (Wildman–Crippen MR) is 117 cm³/mol. The standard InChI is InChI=1S/C23H21N5O4/c1-14-18(24-23(32-14)16-6-4-3-5-7-16)13-21(29)27-28-22(30)20-12-19(25-26-20)15-8-10-17(31-2)11-9-15/h3-12H,13H2,1-2H3,(H,25,26)(H,27,29)(H,28,30). The quantitative estimate of drug-likeness (QED) is 0.403. The van der Waals surface area contributed by atoms with Gasteiger partial charge < -0.3 is 9.15 Å². The molecule has 2 aromatic heterocycles. The van der Waals surface area contributed by atoms with Gasteiger partial charge in [0.25, 0.3) is 5.91 Å². The summed E-state index contributed by atoms with van der Waals surface area (Å²) in [4.78, 5) is 29.0. The maximum Gasteiger partial charge on any atom is 0.287 e. The van der Waals surface area contributed by atoms with Gasteiger partial charge in [-0.25, -0.2) is 4.98 Å². The fraction of sp³-hybridized carbons (Fsp3) is 0.130. The van der Waals surface area contributed by atoms with Crippen molar-refractivity contribution in [2.75, 3.05) is 7.11 Å². The third-order valence-corrected chi connectivity index (χ3v) is 4.77. The summed E-state index contributed by atoms with van der Waals surface area (Å²) < 4.78 is 10.8. The Labute approximate surface area is 183 Å². The van der Waals surface area contributed by atoms with E-state index in [2.05, 4.69) is 26.0 Å². The Balaban J connectivity index is 1.34. The Hall–Kier alpha value is -4.40. The van der Waals surface area contributed by atoms with Crippen LogP contribution in [0, 0.1) is 6.92 Å². The van der Waals surface area contributed by atoms with Crippen molar-refractivity contribution in [3.63, 3.8) is 0 Å². The lowest BCUT2D eigenvalue weighted by Gasteiger charge is -2.05. The van der Waals surface area contributed by atoms with Crippen LogP contribution >= 0.6 is 0 Å². The molecule has 0 saturated heterocycles. The lowest BCUT2D eigenvalue weighted by Crippen LogP contribution is -2.42. The van der Waals surface area contributed by atoms with Crippen molar-refractivity contribution in [1.29, 1.82) is 0 Å². The van der Waals surface area contributed by atoms with Gasteiger partial charge in [0.1, 0.15) is 17.2 Å². The summed E-state index contributed by atoms with van der Waals surface area (Å²) in [5, 5.41) is 6.80. The van der Waals surface area contributed by atoms with Gasteiger partial charge in [-0.3, -0.25) is 25.5 Å². The molecule has 0 fully saturated rings. The largest absolute Gasteiger partial charge is 0.497 e. The zero-order valence-corrected chi connectivity index (χ0v) is 17.5. The number of carbonyl (C=O) groups is 2. The minimum atomic E-state index is -0.521. The van der Waals surface area contributed by atoms with Gasteiger partial charge in [-0.1, -0.05) is 18.2 Å². The lowest BCUT2D eigenvalue weighted by molar-refractivity contribution is -0.121.